The lowest BCUT2D eigenvalue weighted by Crippen LogP contribution is -2.34. The Morgan fingerprint density at radius 2 is 1.92 bits per heavy atom. The van der Waals surface area contributed by atoms with E-state index < -0.39 is 5.41 Å². The molecule has 0 rings (SSSR count). The van der Waals surface area contributed by atoms with Gasteiger partial charge in [-0.1, -0.05) is 20.3 Å². The molecule has 0 aliphatic rings. The predicted octanol–water partition coefficient (Wildman–Crippen LogP) is 0.917. The fraction of sp³-hybridized carbons (Fsp3) is 0.889. The molecule has 3 nitrogen and oxygen atoms in total. The van der Waals surface area contributed by atoms with Crippen LogP contribution in [0.25, 0.3) is 0 Å². The molecule has 0 spiro atoms. The lowest BCUT2D eigenvalue weighted by molar-refractivity contribution is 0.0190. The third-order valence-electron chi connectivity index (χ3n) is 2.54. The molecule has 2 N–H and O–H groups in total. The van der Waals surface area contributed by atoms with Crippen LogP contribution in [0.15, 0.2) is 0 Å². The van der Waals surface area contributed by atoms with Gasteiger partial charge in [-0.3, -0.25) is 0 Å². The fourth-order valence-corrected chi connectivity index (χ4v) is 1.30. The molecule has 1 atom stereocenters. The summed E-state index contributed by atoms with van der Waals surface area (Å²) in [5.74, 6) is 0.0810. The van der Waals surface area contributed by atoms with Crippen LogP contribution in [0.4, 0.5) is 0 Å². The minimum atomic E-state index is -0.509. The Morgan fingerprint density at radius 1 is 1.42 bits per heavy atom. The average molecular weight is 171 g/mol. The quantitative estimate of drug-likeness (QED) is 0.646. The van der Waals surface area contributed by atoms with Gasteiger partial charge in [-0.25, -0.2) is 0 Å². The van der Waals surface area contributed by atoms with Crippen LogP contribution in [0, 0.1) is 22.7 Å². The van der Waals surface area contributed by atoms with E-state index in [-0.39, 0.29) is 19.1 Å². The van der Waals surface area contributed by atoms with Gasteiger partial charge in [-0.2, -0.15) is 5.26 Å². The van der Waals surface area contributed by atoms with E-state index in [1.54, 1.807) is 6.92 Å². The third kappa shape index (κ3) is 2.47. The molecule has 1 unspecified atom stereocenters. The second kappa shape index (κ2) is 5.13. The van der Waals surface area contributed by atoms with E-state index >= 15 is 0 Å². The van der Waals surface area contributed by atoms with Gasteiger partial charge >= 0.3 is 0 Å². The average Bonchev–Trinajstić information content (AvgIpc) is 2.13. The monoisotopic (exact) mass is 171 g/mol. The van der Waals surface area contributed by atoms with Crippen molar-refractivity contribution in [1.29, 1.82) is 5.26 Å². The van der Waals surface area contributed by atoms with Crippen molar-refractivity contribution in [3.63, 3.8) is 0 Å². The normalized spacial score (nSPS) is 13.9. The highest BCUT2D eigenvalue weighted by molar-refractivity contribution is 4.87. The molecule has 0 aromatic heterocycles. The first-order chi connectivity index (χ1) is 5.64. The largest absolute Gasteiger partial charge is 0.396 e. The Balaban J connectivity index is 4.34. The fourth-order valence-electron chi connectivity index (χ4n) is 1.30. The molecular weight excluding hydrogens is 154 g/mol. The topological polar surface area (TPSA) is 64.2 Å². The lowest BCUT2D eigenvalue weighted by Gasteiger charge is -2.32. The molecule has 3 heteroatoms. The summed E-state index contributed by atoms with van der Waals surface area (Å²) in [5.41, 5.74) is -0.509. The van der Waals surface area contributed by atoms with Crippen LogP contribution in [-0.4, -0.2) is 23.4 Å². The SMILES string of the molecule is CCC(CC#N)C(C)(CO)CO. The van der Waals surface area contributed by atoms with E-state index in [0.717, 1.165) is 6.42 Å². The highest BCUT2D eigenvalue weighted by atomic mass is 16.3. The molecule has 0 saturated heterocycles. The maximum atomic E-state index is 9.04. The Bertz CT molecular complexity index is 158. The molecular formula is C9H17NO2. The number of nitrogens with zero attached hydrogens (tertiary/aromatic N) is 1. The van der Waals surface area contributed by atoms with Gasteiger partial charge in [0, 0.05) is 11.8 Å². The second-order valence-electron chi connectivity index (χ2n) is 3.44. The minimum absolute atomic E-state index is 0.0658. The van der Waals surface area contributed by atoms with Crippen molar-refractivity contribution in [2.45, 2.75) is 26.7 Å². The summed E-state index contributed by atoms with van der Waals surface area (Å²) in [7, 11) is 0. The Hall–Kier alpha value is -0.590. The predicted molar refractivity (Wildman–Crippen MR) is 46.3 cm³/mol. The molecule has 0 aliphatic heterocycles. The van der Waals surface area contributed by atoms with Crippen LogP contribution in [0.1, 0.15) is 26.7 Å². The number of nitriles is 1. The number of hydrogen-bond acceptors (Lipinski definition) is 3. The molecule has 0 heterocycles. The smallest absolute Gasteiger partial charge is 0.0624 e. The summed E-state index contributed by atoms with van der Waals surface area (Å²) in [6.45, 7) is 3.64. The highest BCUT2D eigenvalue weighted by Gasteiger charge is 2.31. The van der Waals surface area contributed by atoms with Crippen molar-refractivity contribution >= 4 is 0 Å². The number of rotatable bonds is 5. The minimum Gasteiger partial charge on any atom is -0.396 e. The van der Waals surface area contributed by atoms with Crippen molar-refractivity contribution in [3.05, 3.63) is 0 Å². The van der Waals surface area contributed by atoms with Gasteiger partial charge in [0.05, 0.1) is 19.3 Å². The van der Waals surface area contributed by atoms with E-state index in [4.69, 9.17) is 15.5 Å². The van der Waals surface area contributed by atoms with Crippen LogP contribution in [0.5, 0.6) is 0 Å². The van der Waals surface area contributed by atoms with Gasteiger partial charge in [-0.15, -0.1) is 0 Å². The maximum Gasteiger partial charge on any atom is 0.0624 e. The highest BCUT2D eigenvalue weighted by Crippen LogP contribution is 2.31. The van der Waals surface area contributed by atoms with E-state index in [2.05, 4.69) is 6.07 Å². The number of hydrogen-bond donors (Lipinski definition) is 2. The molecule has 0 aromatic carbocycles. The van der Waals surface area contributed by atoms with Crippen LogP contribution in [-0.2, 0) is 0 Å². The van der Waals surface area contributed by atoms with Crippen LogP contribution in [0.2, 0.25) is 0 Å². The Kier molecular flexibility index (Phi) is 4.87. The molecule has 0 saturated carbocycles. The van der Waals surface area contributed by atoms with Gasteiger partial charge in [-0.05, 0) is 5.92 Å². The van der Waals surface area contributed by atoms with Crippen molar-refractivity contribution in [2.75, 3.05) is 13.2 Å². The van der Waals surface area contributed by atoms with Gasteiger partial charge in [0.1, 0.15) is 0 Å². The second-order valence-corrected chi connectivity index (χ2v) is 3.44. The molecule has 0 bridgehead atoms. The van der Waals surface area contributed by atoms with Gasteiger partial charge < -0.3 is 10.2 Å². The van der Waals surface area contributed by atoms with Crippen LogP contribution in [0.3, 0.4) is 0 Å². The van der Waals surface area contributed by atoms with E-state index in [9.17, 15) is 0 Å². The summed E-state index contributed by atoms with van der Waals surface area (Å²) in [5, 5.41) is 26.6. The lowest BCUT2D eigenvalue weighted by atomic mass is 9.75. The van der Waals surface area contributed by atoms with E-state index in [1.165, 1.54) is 0 Å². The van der Waals surface area contributed by atoms with Crippen LogP contribution >= 0.6 is 0 Å². The molecule has 0 aliphatic carbocycles. The molecule has 70 valence electrons. The molecule has 0 fully saturated rings. The van der Waals surface area contributed by atoms with Crippen LogP contribution < -0.4 is 0 Å². The number of aliphatic hydroxyl groups excluding tert-OH is 2. The zero-order valence-corrected chi connectivity index (χ0v) is 7.75. The third-order valence-corrected chi connectivity index (χ3v) is 2.54. The summed E-state index contributed by atoms with van der Waals surface area (Å²) in [4.78, 5) is 0. The zero-order valence-electron chi connectivity index (χ0n) is 7.75. The summed E-state index contributed by atoms with van der Waals surface area (Å²) >= 11 is 0. The Labute approximate surface area is 73.6 Å². The Morgan fingerprint density at radius 3 is 2.17 bits per heavy atom. The van der Waals surface area contributed by atoms with E-state index in [1.807, 2.05) is 6.92 Å². The molecule has 12 heavy (non-hydrogen) atoms. The van der Waals surface area contributed by atoms with E-state index in [0.29, 0.717) is 6.42 Å². The van der Waals surface area contributed by atoms with Crippen molar-refractivity contribution in [1.82, 2.24) is 0 Å². The first-order valence-electron chi connectivity index (χ1n) is 4.23. The molecule has 0 amide bonds. The summed E-state index contributed by atoms with van der Waals surface area (Å²) < 4.78 is 0. The van der Waals surface area contributed by atoms with Crippen molar-refractivity contribution < 1.29 is 10.2 Å². The molecule has 0 radical (unpaired) electrons. The number of aliphatic hydroxyl groups is 2. The summed E-state index contributed by atoms with van der Waals surface area (Å²) in [6.07, 6.45) is 1.21. The zero-order chi connectivity index (χ0) is 9.61. The first kappa shape index (κ1) is 11.4. The van der Waals surface area contributed by atoms with Gasteiger partial charge in [0.2, 0.25) is 0 Å². The summed E-state index contributed by atoms with van der Waals surface area (Å²) in [6, 6.07) is 2.07. The van der Waals surface area contributed by atoms with Crippen molar-refractivity contribution in [2.24, 2.45) is 11.3 Å². The maximum absolute atomic E-state index is 9.04. The first-order valence-corrected chi connectivity index (χ1v) is 4.23. The standard InChI is InChI=1S/C9H17NO2/c1-3-8(4-5-10)9(2,6-11)7-12/h8,11-12H,3-4,6-7H2,1-2H3. The van der Waals surface area contributed by atoms with Gasteiger partial charge in [0.15, 0.2) is 0 Å². The van der Waals surface area contributed by atoms with Crippen molar-refractivity contribution in [3.8, 4) is 6.07 Å². The molecule has 0 aromatic rings. The van der Waals surface area contributed by atoms with Gasteiger partial charge in [0.25, 0.3) is 0 Å².